The molecule has 0 saturated heterocycles. The highest BCUT2D eigenvalue weighted by molar-refractivity contribution is 5.78. The Kier molecular flexibility index (Phi) is 4.28. The van der Waals surface area contributed by atoms with Gasteiger partial charge in [0.15, 0.2) is 0 Å². The smallest absolute Gasteiger partial charge is 0.287 e. The third-order valence-corrected chi connectivity index (χ3v) is 3.07. The lowest BCUT2D eigenvalue weighted by atomic mass is 10.2. The molecule has 0 aliphatic heterocycles. The summed E-state index contributed by atoms with van der Waals surface area (Å²) in [5.41, 5.74) is 3.16. The van der Waals surface area contributed by atoms with Crippen LogP contribution in [0, 0.1) is 15.9 Å². The van der Waals surface area contributed by atoms with E-state index in [4.69, 9.17) is 4.42 Å². The van der Waals surface area contributed by atoms with Crippen molar-refractivity contribution in [2.24, 2.45) is 5.10 Å². The fourth-order valence-corrected chi connectivity index (χ4v) is 1.94. The fourth-order valence-electron chi connectivity index (χ4n) is 1.94. The standard InChI is InChI=1S/C16H11FN4O3/c17-12-3-1-2-11(8-12)15-6-5-14(24-15)10-19-20-16-7-4-13(9-18-16)21(22)23/h1-10H,(H,18,20)/b19-10-. The van der Waals surface area contributed by atoms with Gasteiger partial charge >= 0.3 is 0 Å². The maximum atomic E-state index is 13.2. The predicted molar refractivity (Wildman–Crippen MR) is 86.2 cm³/mol. The minimum Gasteiger partial charge on any atom is -0.455 e. The summed E-state index contributed by atoms with van der Waals surface area (Å²) in [6, 6.07) is 12.2. The Balaban J connectivity index is 1.66. The van der Waals surface area contributed by atoms with E-state index in [1.165, 1.54) is 30.5 Å². The molecule has 2 heterocycles. The third kappa shape index (κ3) is 3.61. The maximum absolute atomic E-state index is 13.2. The summed E-state index contributed by atoms with van der Waals surface area (Å²) in [5.74, 6) is 0.992. The molecule has 3 rings (SSSR count). The molecule has 0 spiro atoms. The van der Waals surface area contributed by atoms with E-state index in [2.05, 4.69) is 15.5 Å². The molecule has 0 bridgehead atoms. The van der Waals surface area contributed by atoms with E-state index in [1.807, 2.05) is 0 Å². The molecule has 0 atom stereocenters. The molecule has 0 aliphatic carbocycles. The van der Waals surface area contributed by atoms with Crippen LogP contribution in [0.3, 0.4) is 0 Å². The van der Waals surface area contributed by atoms with Crippen molar-refractivity contribution in [1.29, 1.82) is 0 Å². The molecule has 0 radical (unpaired) electrons. The van der Waals surface area contributed by atoms with E-state index in [-0.39, 0.29) is 11.5 Å². The maximum Gasteiger partial charge on any atom is 0.287 e. The van der Waals surface area contributed by atoms with Gasteiger partial charge in [0, 0.05) is 11.6 Å². The van der Waals surface area contributed by atoms with Crippen molar-refractivity contribution in [2.45, 2.75) is 0 Å². The second kappa shape index (κ2) is 6.69. The summed E-state index contributed by atoms with van der Waals surface area (Å²) >= 11 is 0. The largest absolute Gasteiger partial charge is 0.455 e. The molecule has 8 heteroatoms. The summed E-state index contributed by atoms with van der Waals surface area (Å²) in [7, 11) is 0. The summed E-state index contributed by atoms with van der Waals surface area (Å²) in [6.07, 6.45) is 2.55. The minimum absolute atomic E-state index is 0.102. The van der Waals surface area contributed by atoms with Crippen LogP contribution in [0.4, 0.5) is 15.9 Å². The van der Waals surface area contributed by atoms with Gasteiger partial charge in [0.2, 0.25) is 0 Å². The number of nitrogens with zero attached hydrogens (tertiary/aromatic N) is 3. The molecule has 7 nitrogen and oxygen atoms in total. The third-order valence-electron chi connectivity index (χ3n) is 3.07. The van der Waals surface area contributed by atoms with E-state index in [1.54, 1.807) is 24.3 Å². The first-order chi connectivity index (χ1) is 11.6. The van der Waals surface area contributed by atoms with Gasteiger partial charge in [0.1, 0.15) is 29.4 Å². The van der Waals surface area contributed by atoms with Crippen LogP contribution < -0.4 is 5.43 Å². The molecule has 120 valence electrons. The van der Waals surface area contributed by atoms with Crippen molar-refractivity contribution in [1.82, 2.24) is 4.98 Å². The van der Waals surface area contributed by atoms with Gasteiger partial charge in [-0.2, -0.15) is 5.10 Å². The van der Waals surface area contributed by atoms with Gasteiger partial charge in [-0.3, -0.25) is 15.5 Å². The number of pyridine rings is 1. The number of halogens is 1. The van der Waals surface area contributed by atoms with E-state index < -0.39 is 4.92 Å². The summed E-state index contributed by atoms with van der Waals surface area (Å²) in [4.78, 5) is 13.9. The Morgan fingerprint density at radius 3 is 2.83 bits per heavy atom. The molecule has 1 N–H and O–H groups in total. The number of furan rings is 1. The molecular formula is C16H11FN4O3. The summed E-state index contributed by atoms with van der Waals surface area (Å²) in [6.45, 7) is 0. The van der Waals surface area contributed by atoms with E-state index in [9.17, 15) is 14.5 Å². The van der Waals surface area contributed by atoms with Crippen LogP contribution in [0.5, 0.6) is 0 Å². The Bertz CT molecular complexity index is 890. The van der Waals surface area contributed by atoms with Gasteiger partial charge in [-0.15, -0.1) is 0 Å². The Hall–Kier alpha value is -3.55. The Morgan fingerprint density at radius 2 is 2.12 bits per heavy atom. The van der Waals surface area contributed by atoms with Crippen LogP contribution >= 0.6 is 0 Å². The first-order valence-corrected chi connectivity index (χ1v) is 6.87. The lowest BCUT2D eigenvalue weighted by Gasteiger charge is -1.98. The number of hydrogen-bond donors (Lipinski definition) is 1. The van der Waals surface area contributed by atoms with E-state index >= 15 is 0 Å². The number of benzene rings is 1. The number of nitrogens with one attached hydrogen (secondary N) is 1. The SMILES string of the molecule is O=[N+]([O-])c1ccc(N/N=C\c2ccc(-c3cccc(F)c3)o2)nc1. The van der Waals surface area contributed by atoms with Crippen LogP contribution in [-0.2, 0) is 0 Å². The van der Waals surface area contributed by atoms with Crippen molar-refractivity contribution in [3.8, 4) is 11.3 Å². The molecule has 2 aromatic heterocycles. The summed E-state index contributed by atoms with van der Waals surface area (Å²) < 4.78 is 18.7. The van der Waals surface area contributed by atoms with Crippen LogP contribution in [0.25, 0.3) is 11.3 Å². The van der Waals surface area contributed by atoms with Gasteiger partial charge < -0.3 is 4.42 Å². The summed E-state index contributed by atoms with van der Waals surface area (Å²) in [5, 5.41) is 14.5. The monoisotopic (exact) mass is 326 g/mol. The molecule has 3 aromatic rings. The average Bonchev–Trinajstić information content (AvgIpc) is 3.04. The highest BCUT2D eigenvalue weighted by Gasteiger charge is 2.05. The number of aromatic nitrogens is 1. The molecule has 0 fully saturated rings. The quantitative estimate of drug-likeness (QED) is 0.437. The topological polar surface area (TPSA) is 93.6 Å². The molecule has 0 saturated carbocycles. The second-order valence-electron chi connectivity index (χ2n) is 4.74. The Labute approximate surface area is 135 Å². The zero-order valence-corrected chi connectivity index (χ0v) is 12.2. The second-order valence-corrected chi connectivity index (χ2v) is 4.74. The first kappa shape index (κ1) is 15.3. The van der Waals surface area contributed by atoms with Gasteiger partial charge in [-0.05, 0) is 30.3 Å². The van der Waals surface area contributed by atoms with Crippen LogP contribution in [0.2, 0.25) is 0 Å². The van der Waals surface area contributed by atoms with Gasteiger partial charge in [-0.1, -0.05) is 12.1 Å². The highest BCUT2D eigenvalue weighted by Crippen LogP contribution is 2.22. The average molecular weight is 326 g/mol. The van der Waals surface area contributed by atoms with Gasteiger partial charge in [-0.25, -0.2) is 9.37 Å². The van der Waals surface area contributed by atoms with E-state index in [0.29, 0.717) is 22.9 Å². The molecule has 0 aliphatic rings. The molecule has 24 heavy (non-hydrogen) atoms. The van der Waals surface area contributed by atoms with Crippen LogP contribution in [0.15, 0.2) is 64.2 Å². The van der Waals surface area contributed by atoms with Crippen molar-refractivity contribution < 1.29 is 13.7 Å². The fraction of sp³-hybridized carbons (Fsp3) is 0. The lowest BCUT2D eigenvalue weighted by Crippen LogP contribution is -1.94. The van der Waals surface area contributed by atoms with Gasteiger partial charge in [0.25, 0.3) is 5.69 Å². The number of nitro groups is 1. The van der Waals surface area contributed by atoms with E-state index in [0.717, 1.165) is 6.20 Å². The van der Waals surface area contributed by atoms with Crippen LogP contribution in [-0.4, -0.2) is 16.1 Å². The van der Waals surface area contributed by atoms with Crippen molar-refractivity contribution in [3.05, 3.63) is 76.4 Å². The van der Waals surface area contributed by atoms with Crippen molar-refractivity contribution in [3.63, 3.8) is 0 Å². The first-order valence-electron chi connectivity index (χ1n) is 6.87. The van der Waals surface area contributed by atoms with Crippen LogP contribution in [0.1, 0.15) is 5.76 Å². The molecule has 0 amide bonds. The number of hydrogen-bond acceptors (Lipinski definition) is 6. The molecule has 0 unspecified atom stereocenters. The zero-order chi connectivity index (χ0) is 16.9. The van der Waals surface area contributed by atoms with Crippen molar-refractivity contribution >= 4 is 17.7 Å². The highest BCUT2D eigenvalue weighted by atomic mass is 19.1. The minimum atomic E-state index is -0.531. The predicted octanol–water partition coefficient (Wildman–Crippen LogP) is 3.83. The molecule has 1 aromatic carbocycles. The number of rotatable bonds is 5. The lowest BCUT2D eigenvalue weighted by molar-refractivity contribution is -0.385. The van der Waals surface area contributed by atoms with Crippen molar-refractivity contribution in [2.75, 3.05) is 5.43 Å². The molecular weight excluding hydrogens is 315 g/mol. The zero-order valence-electron chi connectivity index (χ0n) is 12.2. The normalized spacial score (nSPS) is 10.9. The Morgan fingerprint density at radius 1 is 1.25 bits per heavy atom. The number of hydrazone groups is 1. The van der Waals surface area contributed by atoms with Gasteiger partial charge in [0.05, 0.1) is 11.1 Å². The number of anilines is 1.